The summed E-state index contributed by atoms with van der Waals surface area (Å²) in [6.45, 7) is 0. The molecule has 0 N–H and O–H groups in total. The Balaban J connectivity index is 1.74. The number of ether oxygens (including phenoxy) is 1. The summed E-state index contributed by atoms with van der Waals surface area (Å²) in [6, 6.07) is 19.7. The number of carbonyl (C=O) groups is 1. The van der Waals surface area contributed by atoms with Crippen LogP contribution in [0.1, 0.15) is 54.4 Å². The average molecular weight is 425 g/mol. The first-order chi connectivity index (χ1) is 13.2. The van der Waals surface area contributed by atoms with Gasteiger partial charge in [-0.1, -0.05) is 95.9 Å². The minimum Gasteiger partial charge on any atom is -0.485 e. The number of ketones is 1. The van der Waals surface area contributed by atoms with Crippen molar-refractivity contribution in [3.8, 4) is 0 Å². The molecule has 2 aliphatic rings. The lowest BCUT2D eigenvalue weighted by Gasteiger charge is -2.38. The summed E-state index contributed by atoms with van der Waals surface area (Å²) < 4.78 is 6.69. The molecule has 4 rings (SSSR count). The maximum atomic E-state index is 13.4. The van der Waals surface area contributed by atoms with Crippen molar-refractivity contribution in [2.24, 2.45) is 5.92 Å². The molecule has 3 heteroatoms. The van der Waals surface area contributed by atoms with Gasteiger partial charge in [-0.05, 0) is 18.8 Å². The quantitative estimate of drug-likeness (QED) is 0.409. The van der Waals surface area contributed by atoms with Gasteiger partial charge in [-0.3, -0.25) is 4.79 Å². The van der Waals surface area contributed by atoms with Crippen LogP contribution in [-0.2, 0) is 4.74 Å². The first-order valence-corrected chi connectivity index (χ1v) is 11.0. The maximum Gasteiger partial charge on any atom is 0.192 e. The van der Waals surface area contributed by atoms with E-state index in [1.165, 1.54) is 32.1 Å². The molecule has 1 fully saturated rings. The van der Waals surface area contributed by atoms with Crippen LogP contribution in [0.2, 0.25) is 0 Å². The van der Waals surface area contributed by atoms with Crippen molar-refractivity contribution in [3.05, 3.63) is 77.4 Å². The number of carbonyl (C=O) groups excluding carboxylic acids is 1. The third-order valence-electron chi connectivity index (χ3n) is 5.98. The topological polar surface area (TPSA) is 26.3 Å². The fourth-order valence-electron chi connectivity index (χ4n) is 4.49. The van der Waals surface area contributed by atoms with Crippen LogP contribution in [0.15, 0.2) is 66.2 Å². The van der Waals surface area contributed by atoms with Crippen LogP contribution >= 0.6 is 15.9 Å². The summed E-state index contributed by atoms with van der Waals surface area (Å²) in [5.41, 5.74) is 2.23. The van der Waals surface area contributed by atoms with Crippen LogP contribution in [0.25, 0.3) is 5.76 Å². The first-order valence-electron chi connectivity index (χ1n) is 9.87. The zero-order chi connectivity index (χ0) is 18.7. The summed E-state index contributed by atoms with van der Waals surface area (Å²) in [5.74, 6) is 1.35. The number of Topliss-reactive ketones (excluding diaryl/α,β-unsaturated/α-hetero) is 1. The van der Waals surface area contributed by atoms with E-state index in [0.29, 0.717) is 12.3 Å². The van der Waals surface area contributed by atoms with Crippen LogP contribution < -0.4 is 0 Å². The Kier molecular flexibility index (Phi) is 5.49. The largest absolute Gasteiger partial charge is 0.485 e. The van der Waals surface area contributed by atoms with E-state index in [2.05, 4.69) is 15.9 Å². The highest BCUT2D eigenvalue weighted by molar-refractivity contribution is 9.09. The third-order valence-corrected chi connectivity index (χ3v) is 6.93. The summed E-state index contributed by atoms with van der Waals surface area (Å²) in [4.78, 5) is 13.4. The smallest absolute Gasteiger partial charge is 0.192 e. The third kappa shape index (κ3) is 3.62. The molecule has 27 heavy (non-hydrogen) atoms. The van der Waals surface area contributed by atoms with Crippen LogP contribution in [0.4, 0.5) is 0 Å². The van der Waals surface area contributed by atoms with E-state index in [1.54, 1.807) is 0 Å². The number of hydrogen-bond donors (Lipinski definition) is 0. The Morgan fingerprint density at radius 3 is 2.22 bits per heavy atom. The molecule has 0 saturated heterocycles. The van der Waals surface area contributed by atoms with Crippen molar-refractivity contribution in [3.63, 3.8) is 0 Å². The van der Waals surface area contributed by atoms with Gasteiger partial charge in [0, 0.05) is 28.5 Å². The molecule has 2 aromatic rings. The van der Waals surface area contributed by atoms with Gasteiger partial charge in [0.2, 0.25) is 0 Å². The zero-order valence-corrected chi connectivity index (χ0v) is 17.1. The first kappa shape index (κ1) is 18.5. The van der Waals surface area contributed by atoms with Crippen LogP contribution in [0, 0.1) is 5.92 Å². The highest BCUT2D eigenvalue weighted by Crippen LogP contribution is 2.49. The summed E-state index contributed by atoms with van der Waals surface area (Å²) >= 11 is 3.74. The van der Waals surface area contributed by atoms with Gasteiger partial charge in [0.05, 0.1) is 0 Å². The van der Waals surface area contributed by atoms with Gasteiger partial charge in [0.1, 0.15) is 11.4 Å². The number of rotatable bonds is 5. The second kappa shape index (κ2) is 8.02. The molecule has 0 spiro atoms. The van der Waals surface area contributed by atoms with Crippen LogP contribution in [0.3, 0.4) is 0 Å². The molecule has 1 heterocycles. The molecular weight excluding hydrogens is 400 g/mol. The molecule has 0 unspecified atom stereocenters. The van der Waals surface area contributed by atoms with E-state index in [9.17, 15) is 4.79 Å². The minimum absolute atomic E-state index is 0.0908. The predicted molar refractivity (Wildman–Crippen MR) is 113 cm³/mol. The van der Waals surface area contributed by atoms with Crippen molar-refractivity contribution < 1.29 is 9.53 Å². The summed E-state index contributed by atoms with van der Waals surface area (Å²) in [7, 11) is 0. The van der Waals surface area contributed by atoms with Crippen LogP contribution in [0.5, 0.6) is 0 Å². The van der Waals surface area contributed by atoms with Crippen molar-refractivity contribution in [1.82, 2.24) is 0 Å². The van der Waals surface area contributed by atoms with Gasteiger partial charge in [-0.15, -0.1) is 0 Å². The molecule has 0 radical (unpaired) electrons. The average Bonchev–Trinajstić information content (AvgIpc) is 3.16. The Labute approximate surface area is 169 Å². The minimum atomic E-state index is -0.314. The Morgan fingerprint density at radius 1 is 0.963 bits per heavy atom. The summed E-state index contributed by atoms with van der Waals surface area (Å²) in [5, 5.41) is 0.757. The molecule has 1 aliphatic heterocycles. The molecule has 140 valence electrons. The molecule has 2 nitrogen and oxygen atoms in total. The standard InChI is InChI=1S/C24H25BrO2/c25-17-24(20-14-8-3-9-15-20)16-21(22(26)18-10-4-1-5-11-18)23(27-24)19-12-6-2-7-13-19/h1-2,4-7,10-13,20H,3,8-9,14-17H2/t24-/m1/s1. The van der Waals surface area contributed by atoms with Gasteiger partial charge in [0.15, 0.2) is 5.78 Å². The second-order valence-corrected chi connectivity index (χ2v) is 8.24. The second-order valence-electron chi connectivity index (χ2n) is 7.68. The molecule has 0 bridgehead atoms. The monoisotopic (exact) mass is 424 g/mol. The SMILES string of the molecule is O=C(C1=C(c2ccccc2)O[C@](CBr)(C2CCCCC2)C1)c1ccccc1. The lowest BCUT2D eigenvalue weighted by atomic mass is 9.75. The van der Waals surface area contributed by atoms with E-state index >= 15 is 0 Å². The lowest BCUT2D eigenvalue weighted by Crippen LogP contribution is -2.41. The molecular formula is C24H25BrO2. The van der Waals surface area contributed by atoms with Crippen molar-refractivity contribution >= 4 is 27.5 Å². The summed E-state index contributed by atoms with van der Waals surface area (Å²) in [6.07, 6.45) is 6.86. The number of benzene rings is 2. The van der Waals surface area contributed by atoms with Gasteiger partial charge in [-0.25, -0.2) is 0 Å². The van der Waals surface area contributed by atoms with E-state index < -0.39 is 0 Å². The molecule has 0 aromatic heterocycles. The Morgan fingerprint density at radius 2 is 1.59 bits per heavy atom. The molecule has 1 saturated carbocycles. The van der Waals surface area contributed by atoms with Crippen molar-refractivity contribution in [1.29, 1.82) is 0 Å². The zero-order valence-electron chi connectivity index (χ0n) is 15.5. The van der Waals surface area contributed by atoms with E-state index in [1.807, 2.05) is 60.7 Å². The molecule has 2 aromatic carbocycles. The van der Waals surface area contributed by atoms with E-state index in [4.69, 9.17) is 4.74 Å². The number of hydrogen-bond acceptors (Lipinski definition) is 2. The fraction of sp³-hybridized carbons (Fsp3) is 0.375. The number of alkyl halides is 1. The van der Waals surface area contributed by atoms with Crippen molar-refractivity contribution in [2.75, 3.05) is 5.33 Å². The molecule has 0 amide bonds. The highest BCUT2D eigenvalue weighted by Gasteiger charge is 2.48. The number of halogens is 1. The fourth-order valence-corrected chi connectivity index (χ4v) is 5.26. The lowest BCUT2D eigenvalue weighted by molar-refractivity contribution is 0.00651. The van der Waals surface area contributed by atoms with Crippen molar-refractivity contribution in [2.45, 2.75) is 44.1 Å². The Hall–Kier alpha value is -1.87. The molecule has 1 atom stereocenters. The maximum absolute atomic E-state index is 13.4. The van der Waals surface area contributed by atoms with Gasteiger partial charge in [-0.2, -0.15) is 0 Å². The predicted octanol–water partition coefficient (Wildman–Crippen LogP) is 6.41. The normalized spacial score (nSPS) is 23.3. The van der Waals surface area contributed by atoms with E-state index in [-0.39, 0.29) is 11.4 Å². The van der Waals surface area contributed by atoms with Gasteiger partial charge >= 0.3 is 0 Å². The van der Waals surface area contributed by atoms with Gasteiger partial charge in [0.25, 0.3) is 0 Å². The Bertz CT molecular complexity index is 822. The molecule has 1 aliphatic carbocycles. The van der Waals surface area contributed by atoms with E-state index in [0.717, 1.165) is 27.8 Å². The van der Waals surface area contributed by atoms with Crippen LogP contribution in [-0.4, -0.2) is 16.7 Å². The van der Waals surface area contributed by atoms with Gasteiger partial charge < -0.3 is 4.74 Å². The highest BCUT2D eigenvalue weighted by atomic mass is 79.9.